The maximum atomic E-state index is 12.9. The minimum Gasteiger partial charge on any atom is -0.480 e. The molecule has 7 nitrogen and oxygen atoms in total. The van der Waals surface area contributed by atoms with Crippen LogP contribution in [0.25, 0.3) is 0 Å². The molecule has 0 aliphatic heterocycles. The minimum atomic E-state index is -1.07. The predicted octanol–water partition coefficient (Wildman–Crippen LogP) is 3.61. The minimum absolute atomic E-state index is 0.147. The molecule has 0 aromatic rings. The van der Waals surface area contributed by atoms with Gasteiger partial charge in [-0.2, -0.15) is 0 Å². The van der Waals surface area contributed by atoms with Crippen molar-refractivity contribution in [3.63, 3.8) is 0 Å². The SMILES string of the molecule is [2H]C1(C[C@H](NC(=O)OC(C)(C)C)C(=O)N[C@@H](CC2CCCC2)C(=O)O)CCCC1. The number of alkyl carbamates (subject to hydrolysis) is 1. The third-order valence-corrected chi connectivity index (χ3v) is 5.47. The van der Waals surface area contributed by atoms with E-state index in [2.05, 4.69) is 10.6 Å². The molecule has 0 spiro atoms. The first kappa shape index (κ1) is 20.9. The lowest BCUT2D eigenvalue weighted by Gasteiger charge is -2.26. The molecule has 28 heavy (non-hydrogen) atoms. The maximum Gasteiger partial charge on any atom is 0.408 e. The number of ether oxygens (including phenoxy) is 1. The summed E-state index contributed by atoms with van der Waals surface area (Å²) in [7, 11) is 0. The summed E-state index contributed by atoms with van der Waals surface area (Å²) < 4.78 is 13.9. The molecule has 3 N–H and O–H groups in total. The molecule has 2 fully saturated rings. The van der Waals surface area contributed by atoms with Gasteiger partial charge < -0.3 is 20.5 Å². The fraction of sp³-hybridized carbons (Fsp3) is 0.857. The van der Waals surface area contributed by atoms with E-state index in [0.717, 1.165) is 38.5 Å². The molecular formula is C21H36N2O5. The van der Waals surface area contributed by atoms with Crippen molar-refractivity contribution < 1.29 is 25.6 Å². The third-order valence-electron chi connectivity index (χ3n) is 5.47. The second-order valence-electron chi connectivity index (χ2n) is 9.15. The topological polar surface area (TPSA) is 105 Å². The maximum absolute atomic E-state index is 12.9. The van der Waals surface area contributed by atoms with Gasteiger partial charge in [0.1, 0.15) is 17.7 Å². The van der Waals surface area contributed by atoms with Gasteiger partial charge >= 0.3 is 12.1 Å². The summed E-state index contributed by atoms with van der Waals surface area (Å²) in [6, 6.07) is -1.98. The lowest BCUT2D eigenvalue weighted by atomic mass is 9.96. The number of hydrogen-bond donors (Lipinski definition) is 3. The van der Waals surface area contributed by atoms with Crippen molar-refractivity contribution >= 4 is 18.0 Å². The summed E-state index contributed by atoms with van der Waals surface area (Å²) in [5.74, 6) is -2.12. The molecule has 0 aromatic heterocycles. The molecule has 2 saturated carbocycles. The highest BCUT2D eigenvalue weighted by atomic mass is 16.6. The smallest absolute Gasteiger partial charge is 0.408 e. The van der Waals surface area contributed by atoms with Crippen LogP contribution in [-0.2, 0) is 14.3 Å². The van der Waals surface area contributed by atoms with Gasteiger partial charge in [0.2, 0.25) is 5.91 Å². The fourth-order valence-electron chi connectivity index (χ4n) is 4.10. The van der Waals surface area contributed by atoms with Crippen LogP contribution in [0.4, 0.5) is 4.79 Å². The molecule has 0 radical (unpaired) electrons. The standard InChI is InChI=1S/C21H36N2O5/c1-21(2,3)28-20(27)23-16(12-14-8-4-5-9-14)18(24)22-17(19(25)26)13-15-10-6-7-11-15/h14-17H,4-13H2,1-3H3,(H,22,24)(H,23,27)(H,25,26)/t16-,17-/m0/s1/i14D. The Morgan fingerprint density at radius 1 is 1.00 bits per heavy atom. The summed E-state index contributed by atoms with van der Waals surface area (Å²) in [6.45, 7) is 5.19. The first-order chi connectivity index (χ1) is 13.5. The van der Waals surface area contributed by atoms with Gasteiger partial charge in [-0.05, 0) is 45.4 Å². The largest absolute Gasteiger partial charge is 0.480 e. The Bertz CT molecular complexity index is 592. The van der Waals surface area contributed by atoms with E-state index in [-0.39, 0.29) is 6.42 Å². The first-order valence-corrected chi connectivity index (χ1v) is 10.5. The molecule has 0 bridgehead atoms. The number of aliphatic carboxylic acids is 1. The molecule has 2 aliphatic rings. The van der Waals surface area contributed by atoms with E-state index in [1.165, 1.54) is 0 Å². The summed E-state index contributed by atoms with van der Waals surface area (Å²) in [5.41, 5.74) is -0.719. The molecule has 0 saturated heterocycles. The first-order valence-electron chi connectivity index (χ1n) is 11.0. The van der Waals surface area contributed by atoms with Crippen LogP contribution in [0.3, 0.4) is 0 Å². The Balaban J connectivity index is 2.06. The van der Waals surface area contributed by atoms with E-state index in [4.69, 9.17) is 6.11 Å². The summed E-state index contributed by atoms with van der Waals surface area (Å²) in [5, 5.41) is 14.8. The van der Waals surface area contributed by atoms with Crippen LogP contribution in [0.15, 0.2) is 0 Å². The van der Waals surface area contributed by atoms with Crippen molar-refractivity contribution in [1.82, 2.24) is 10.6 Å². The Morgan fingerprint density at radius 3 is 2.11 bits per heavy atom. The molecule has 160 valence electrons. The van der Waals surface area contributed by atoms with Crippen LogP contribution in [0.2, 0.25) is 0 Å². The van der Waals surface area contributed by atoms with Crippen LogP contribution in [0.5, 0.6) is 0 Å². The second kappa shape index (κ2) is 10.1. The van der Waals surface area contributed by atoms with Crippen LogP contribution < -0.4 is 10.6 Å². The molecule has 2 aliphatic carbocycles. The summed E-state index contributed by atoms with van der Waals surface area (Å²) in [6.07, 6.45) is 7.12. The quantitative estimate of drug-likeness (QED) is 0.580. The lowest BCUT2D eigenvalue weighted by molar-refractivity contribution is -0.142. The monoisotopic (exact) mass is 397 g/mol. The van der Waals surface area contributed by atoms with Crippen LogP contribution in [-0.4, -0.2) is 40.8 Å². The van der Waals surface area contributed by atoms with Crippen LogP contribution in [0, 0.1) is 11.8 Å². The molecular weight excluding hydrogens is 360 g/mol. The number of carbonyl (C=O) groups is 3. The van der Waals surface area contributed by atoms with E-state index in [0.29, 0.717) is 25.2 Å². The van der Waals surface area contributed by atoms with E-state index in [1.54, 1.807) is 20.8 Å². The summed E-state index contributed by atoms with van der Waals surface area (Å²) in [4.78, 5) is 36.9. The Hall–Kier alpha value is -1.79. The van der Waals surface area contributed by atoms with Gasteiger partial charge in [0.15, 0.2) is 0 Å². The highest BCUT2D eigenvalue weighted by molar-refractivity contribution is 5.89. The Morgan fingerprint density at radius 2 is 1.57 bits per heavy atom. The number of carboxylic acids is 1. The zero-order valence-electron chi connectivity index (χ0n) is 18.4. The van der Waals surface area contributed by atoms with Crippen molar-refractivity contribution in [1.29, 1.82) is 0 Å². The molecule has 2 rings (SSSR count). The second-order valence-corrected chi connectivity index (χ2v) is 9.15. The van der Waals surface area contributed by atoms with Crippen LogP contribution in [0.1, 0.15) is 86.4 Å². The molecule has 2 amide bonds. The number of carboxylic acid groups (broad SMARTS) is 1. The summed E-state index contributed by atoms with van der Waals surface area (Å²) >= 11 is 0. The number of rotatable bonds is 8. The zero-order valence-corrected chi connectivity index (χ0v) is 17.4. The predicted molar refractivity (Wildman–Crippen MR) is 106 cm³/mol. The molecule has 2 atom stereocenters. The zero-order chi connectivity index (χ0) is 21.7. The number of hydrogen-bond acceptors (Lipinski definition) is 4. The average molecular weight is 398 g/mol. The Labute approximate surface area is 169 Å². The average Bonchev–Trinajstić information content (AvgIpc) is 3.23. The lowest BCUT2D eigenvalue weighted by Crippen LogP contribution is -2.53. The molecule has 0 aromatic carbocycles. The van der Waals surface area contributed by atoms with E-state index < -0.39 is 41.5 Å². The van der Waals surface area contributed by atoms with Crippen molar-refractivity contribution in [2.45, 2.75) is 103 Å². The molecule has 0 unspecified atom stereocenters. The van der Waals surface area contributed by atoms with Gasteiger partial charge in [0.25, 0.3) is 0 Å². The number of nitrogens with one attached hydrogen (secondary N) is 2. The Kier molecular flexibility index (Phi) is 7.57. The highest BCUT2D eigenvalue weighted by Gasteiger charge is 2.32. The van der Waals surface area contributed by atoms with Gasteiger partial charge in [0, 0.05) is 1.37 Å². The van der Waals surface area contributed by atoms with E-state index in [9.17, 15) is 19.5 Å². The van der Waals surface area contributed by atoms with Gasteiger partial charge in [-0.1, -0.05) is 51.4 Å². The number of carbonyl (C=O) groups excluding carboxylic acids is 2. The van der Waals surface area contributed by atoms with Gasteiger partial charge in [-0.15, -0.1) is 0 Å². The molecule has 7 heteroatoms. The third kappa shape index (κ3) is 7.68. The number of amides is 2. The van der Waals surface area contributed by atoms with E-state index in [1.807, 2.05) is 0 Å². The van der Waals surface area contributed by atoms with Gasteiger partial charge in [0.05, 0.1) is 0 Å². The highest BCUT2D eigenvalue weighted by Crippen LogP contribution is 2.30. The normalized spacial score (nSPS) is 22.2. The van der Waals surface area contributed by atoms with Crippen molar-refractivity contribution in [3.8, 4) is 0 Å². The van der Waals surface area contributed by atoms with Crippen LogP contribution >= 0.6 is 0 Å². The van der Waals surface area contributed by atoms with Crippen molar-refractivity contribution in [2.75, 3.05) is 0 Å². The van der Waals surface area contributed by atoms with Crippen molar-refractivity contribution in [3.05, 3.63) is 0 Å². The van der Waals surface area contributed by atoms with Gasteiger partial charge in [-0.3, -0.25) is 4.79 Å². The van der Waals surface area contributed by atoms with Gasteiger partial charge in [-0.25, -0.2) is 9.59 Å². The van der Waals surface area contributed by atoms with E-state index >= 15 is 0 Å². The van der Waals surface area contributed by atoms with Crippen molar-refractivity contribution in [2.24, 2.45) is 11.8 Å². The fourth-order valence-corrected chi connectivity index (χ4v) is 4.10. The molecule has 0 heterocycles.